The minimum Gasteiger partial charge on any atom is -0.410 e. The number of nitrogens with zero attached hydrogens (tertiary/aromatic N) is 1. The molecule has 0 aromatic heterocycles. The molecule has 1 aromatic carbocycles. The van der Waals surface area contributed by atoms with Gasteiger partial charge >= 0.3 is 6.09 Å². The molecule has 0 bridgehead atoms. The number of amides is 6. The first-order chi connectivity index (χ1) is 21.8. The summed E-state index contributed by atoms with van der Waals surface area (Å²) in [7, 11) is 1.50. The van der Waals surface area contributed by atoms with Gasteiger partial charge in [0.15, 0.2) is 0 Å². The van der Waals surface area contributed by atoms with Crippen molar-refractivity contribution < 1.29 is 43.0 Å². The lowest BCUT2D eigenvalue weighted by atomic mass is 10.0. The van der Waals surface area contributed by atoms with Gasteiger partial charge in [0, 0.05) is 45.3 Å². The minimum absolute atomic E-state index is 0.0547. The van der Waals surface area contributed by atoms with E-state index in [1.54, 1.807) is 24.3 Å². The van der Waals surface area contributed by atoms with Crippen molar-refractivity contribution in [2.24, 2.45) is 17.2 Å². The van der Waals surface area contributed by atoms with E-state index in [0.29, 0.717) is 31.7 Å². The molecule has 254 valence electrons. The second-order valence-electron chi connectivity index (χ2n) is 10.6. The second-order valence-corrected chi connectivity index (χ2v) is 11.8. The predicted octanol–water partition coefficient (Wildman–Crippen LogP) is -1.68. The Morgan fingerprint density at radius 2 is 1.74 bits per heavy atom. The molecule has 1 aliphatic heterocycles. The molecule has 46 heavy (non-hydrogen) atoms. The highest BCUT2D eigenvalue weighted by Crippen LogP contribution is 2.26. The largest absolute Gasteiger partial charge is 0.412 e. The Balaban J connectivity index is 1.71. The van der Waals surface area contributed by atoms with Crippen molar-refractivity contribution in [3.05, 3.63) is 29.8 Å². The summed E-state index contributed by atoms with van der Waals surface area (Å²) in [6.45, 7) is 2.15. The highest BCUT2D eigenvalue weighted by Gasteiger charge is 2.39. The van der Waals surface area contributed by atoms with Crippen LogP contribution in [0.3, 0.4) is 0 Å². The Labute approximate surface area is 271 Å². The van der Waals surface area contributed by atoms with Crippen LogP contribution in [-0.4, -0.2) is 109 Å². The van der Waals surface area contributed by atoms with Crippen LogP contribution >= 0.6 is 11.8 Å². The molecule has 1 fully saturated rings. The van der Waals surface area contributed by atoms with Crippen molar-refractivity contribution >= 4 is 53.2 Å². The Bertz CT molecular complexity index is 1250. The lowest BCUT2D eigenvalue weighted by Gasteiger charge is -2.20. The number of nitrogens with two attached hydrogens (primary N) is 3. The number of Topliss-reactive ketones (excluding diaryl/α,β-unsaturated/α-hetero) is 1. The second kappa shape index (κ2) is 19.5. The third kappa shape index (κ3) is 13.1. The van der Waals surface area contributed by atoms with Crippen LogP contribution in [0.4, 0.5) is 4.79 Å². The number of carbonyl (C=O) groups excluding carboxylic acids is 7. The van der Waals surface area contributed by atoms with Crippen molar-refractivity contribution in [3.8, 4) is 5.75 Å². The minimum atomic E-state index is -1.15. The van der Waals surface area contributed by atoms with Crippen LogP contribution in [-0.2, 0) is 39.9 Å². The van der Waals surface area contributed by atoms with Gasteiger partial charge in [0.25, 0.3) is 0 Å². The molecule has 17 heteroatoms. The summed E-state index contributed by atoms with van der Waals surface area (Å²) in [6.07, 6.45) is -0.0144. The number of ether oxygens (including phenoxy) is 2. The van der Waals surface area contributed by atoms with Crippen LogP contribution in [0.2, 0.25) is 0 Å². The Morgan fingerprint density at radius 1 is 1.04 bits per heavy atom. The maximum Gasteiger partial charge on any atom is 0.412 e. The summed E-state index contributed by atoms with van der Waals surface area (Å²) in [5.41, 5.74) is 18.0. The van der Waals surface area contributed by atoms with Gasteiger partial charge in [-0.3, -0.25) is 33.7 Å². The number of likely N-dealkylation sites (tertiary alicyclic amines) is 1. The van der Waals surface area contributed by atoms with Crippen molar-refractivity contribution in [1.29, 1.82) is 0 Å². The quantitative estimate of drug-likeness (QED) is 0.0675. The fourth-order valence-corrected chi connectivity index (χ4v) is 5.38. The smallest absolute Gasteiger partial charge is 0.410 e. The molecule has 2 rings (SSSR count). The van der Waals surface area contributed by atoms with Crippen LogP contribution in [0.5, 0.6) is 5.75 Å². The number of primary amides is 1. The third-order valence-electron chi connectivity index (χ3n) is 6.93. The van der Waals surface area contributed by atoms with Crippen molar-refractivity contribution in [2.75, 3.05) is 39.1 Å². The number of methoxy groups -OCH3 is 1. The van der Waals surface area contributed by atoms with Crippen LogP contribution in [0.15, 0.2) is 24.3 Å². The maximum absolute atomic E-state index is 12.7. The lowest BCUT2D eigenvalue weighted by Crippen LogP contribution is -2.51. The van der Waals surface area contributed by atoms with Gasteiger partial charge in [-0.15, -0.1) is 11.8 Å². The van der Waals surface area contributed by atoms with Gasteiger partial charge in [-0.05, 0) is 43.9 Å². The number of nitrogens with one attached hydrogen (secondary N) is 3. The number of hydrogen-bond acceptors (Lipinski definition) is 12. The molecule has 4 atom stereocenters. The first-order valence-corrected chi connectivity index (χ1v) is 15.7. The van der Waals surface area contributed by atoms with Crippen LogP contribution in [0.25, 0.3) is 0 Å². The molecule has 1 aliphatic rings. The topological polar surface area (TPSA) is 255 Å². The van der Waals surface area contributed by atoms with Gasteiger partial charge in [0.2, 0.25) is 29.5 Å². The summed E-state index contributed by atoms with van der Waals surface area (Å²) in [6, 6.07) is 3.81. The van der Waals surface area contributed by atoms with E-state index in [9.17, 15) is 33.6 Å². The van der Waals surface area contributed by atoms with E-state index in [2.05, 4.69) is 16.0 Å². The summed E-state index contributed by atoms with van der Waals surface area (Å²) >= 11 is 1.00. The third-order valence-corrected chi connectivity index (χ3v) is 8.22. The number of rotatable bonds is 20. The maximum atomic E-state index is 12.7. The number of hydrogen-bond donors (Lipinski definition) is 6. The predicted molar refractivity (Wildman–Crippen MR) is 168 cm³/mol. The van der Waals surface area contributed by atoms with Crippen molar-refractivity contribution in [1.82, 2.24) is 20.9 Å². The van der Waals surface area contributed by atoms with Gasteiger partial charge in [-0.25, -0.2) is 4.79 Å². The van der Waals surface area contributed by atoms with E-state index in [-0.39, 0.29) is 49.8 Å². The van der Waals surface area contributed by atoms with Crippen molar-refractivity contribution in [3.63, 3.8) is 0 Å². The standard InChI is InChI=1S/C29H43N7O9S/c1-17(37)21(31)14-18-5-7-19(8-6-18)45-29(43)34-10-3-4-20(30)27(41)35-22(26(32)40)16-46-23-15-25(39)36(28(23)42)12-9-24(38)33-11-13-44-2/h5-8,20-23H,3-4,9-16,30-31H2,1-2H3,(H2,32,40)(H,33,38)(H,34,43)(H,35,41)/t20-,21-,22-,23?/m0/s1. The van der Waals surface area contributed by atoms with Gasteiger partial charge in [-0.2, -0.15) is 0 Å². The first kappa shape index (κ1) is 38.1. The summed E-state index contributed by atoms with van der Waals surface area (Å²) in [5.74, 6) is -2.63. The molecule has 0 saturated carbocycles. The molecule has 1 heterocycles. The van der Waals surface area contributed by atoms with Gasteiger partial charge in [0.1, 0.15) is 17.6 Å². The average Bonchev–Trinajstić information content (AvgIpc) is 3.28. The zero-order chi connectivity index (χ0) is 34.2. The number of ketones is 1. The van der Waals surface area contributed by atoms with Gasteiger partial charge in [-0.1, -0.05) is 12.1 Å². The number of imide groups is 1. The summed E-state index contributed by atoms with van der Waals surface area (Å²) < 4.78 is 10.1. The zero-order valence-electron chi connectivity index (χ0n) is 26.0. The molecule has 0 spiro atoms. The summed E-state index contributed by atoms with van der Waals surface area (Å²) in [5, 5.41) is 6.85. The van der Waals surface area contributed by atoms with E-state index in [1.165, 1.54) is 14.0 Å². The SMILES string of the molecule is COCCNC(=O)CCN1C(=O)CC(SC[C@H](NC(=O)[C@@H](N)CCCNC(=O)Oc2ccc(C[C@H](N)C(C)=O)cc2)C(N)=O)C1=O. The molecule has 1 saturated heterocycles. The van der Waals surface area contributed by atoms with Crippen molar-refractivity contribution in [2.45, 2.75) is 62.4 Å². The molecule has 0 radical (unpaired) electrons. The van der Waals surface area contributed by atoms with E-state index in [1.807, 2.05) is 0 Å². The Kier molecular flexibility index (Phi) is 16.1. The summed E-state index contributed by atoms with van der Waals surface area (Å²) in [4.78, 5) is 86.0. The average molecular weight is 666 g/mol. The first-order valence-electron chi connectivity index (χ1n) is 14.7. The molecular weight excluding hydrogens is 622 g/mol. The molecule has 1 aromatic rings. The molecule has 9 N–H and O–H groups in total. The highest BCUT2D eigenvalue weighted by molar-refractivity contribution is 8.00. The van der Waals surface area contributed by atoms with E-state index in [4.69, 9.17) is 26.7 Å². The zero-order valence-corrected chi connectivity index (χ0v) is 26.8. The van der Waals surface area contributed by atoms with Gasteiger partial charge in [0.05, 0.1) is 23.9 Å². The highest BCUT2D eigenvalue weighted by atomic mass is 32.2. The van der Waals surface area contributed by atoms with E-state index >= 15 is 0 Å². The van der Waals surface area contributed by atoms with Crippen LogP contribution in [0, 0.1) is 0 Å². The van der Waals surface area contributed by atoms with Gasteiger partial charge < -0.3 is 42.6 Å². The molecular formula is C29H43N7O9S. The Morgan fingerprint density at radius 3 is 2.37 bits per heavy atom. The fraction of sp³-hybridized carbons (Fsp3) is 0.552. The number of benzene rings is 1. The van der Waals surface area contributed by atoms with Crippen LogP contribution in [0.1, 0.15) is 38.2 Å². The van der Waals surface area contributed by atoms with E-state index in [0.717, 1.165) is 22.2 Å². The Hall–Kier alpha value is -4.06. The fourth-order valence-electron chi connectivity index (χ4n) is 4.18. The molecule has 6 amide bonds. The molecule has 16 nitrogen and oxygen atoms in total. The van der Waals surface area contributed by atoms with E-state index < -0.39 is 53.1 Å². The molecule has 0 aliphatic carbocycles. The number of carbonyl (C=O) groups is 7. The van der Waals surface area contributed by atoms with Crippen LogP contribution < -0.4 is 37.9 Å². The lowest BCUT2D eigenvalue weighted by molar-refractivity contribution is -0.138. The monoisotopic (exact) mass is 665 g/mol. The normalized spacial score (nSPS) is 16.3. The number of thioether (sulfide) groups is 1. The molecule has 1 unspecified atom stereocenters.